The van der Waals surface area contributed by atoms with Crippen molar-refractivity contribution >= 4 is 11.5 Å². The highest BCUT2D eigenvalue weighted by atomic mass is 16.5. The first-order chi connectivity index (χ1) is 9.95. The number of rotatable bonds is 5. The molecule has 21 heavy (non-hydrogen) atoms. The van der Waals surface area contributed by atoms with Crippen LogP contribution in [0.5, 0.6) is 0 Å². The number of aromatic nitrogens is 4. The van der Waals surface area contributed by atoms with Crippen molar-refractivity contribution in [2.45, 2.75) is 33.4 Å². The van der Waals surface area contributed by atoms with E-state index in [2.05, 4.69) is 15.5 Å². The van der Waals surface area contributed by atoms with E-state index in [-0.39, 0.29) is 18.1 Å². The molecule has 0 saturated heterocycles. The van der Waals surface area contributed by atoms with Gasteiger partial charge in [-0.05, 0) is 6.42 Å². The second-order valence-corrected chi connectivity index (χ2v) is 4.64. The Morgan fingerprint density at radius 1 is 1.38 bits per heavy atom. The molecular weight excluding hydrogens is 276 g/mol. The Balaban J connectivity index is 2.38. The summed E-state index contributed by atoms with van der Waals surface area (Å²) in [7, 11) is 1.42. The maximum absolute atomic E-state index is 12.1. The molecule has 0 fully saturated rings. The lowest BCUT2D eigenvalue weighted by atomic mass is 10.4. The van der Waals surface area contributed by atoms with Crippen molar-refractivity contribution in [3.05, 3.63) is 32.6 Å². The summed E-state index contributed by atoms with van der Waals surface area (Å²) in [5.74, 6) is 0.955. The number of hydrogen-bond acceptors (Lipinski definition) is 7. The summed E-state index contributed by atoms with van der Waals surface area (Å²) < 4.78 is 7.24. The van der Waals surface area contributed by atoms with Crippen LogP contribution in [0.15, 0.2) is 14.1 Å². The van der Waals surface area contributed by atoms with Crippen LogP contribution in [0.1, 0.15) is 25.1 Å². The number of nitrogens with zero attached hydrogens (tertiary/aromatic N) is 4. The summed E-state index contributed by atoms with van der Waals surface area (Å²) in [5, 5.41) is 6.60. The minimum atomic E-state index is -0.481. The smallest absolute Gasteiger partial charge is 0.332 e. The van der Waals surface area contributed by atoms with Gasteiger partial charge < -0.3 is 15.6 Å². The highest BCUT2D eigenvalue weighted by Gasteiger charge is 2.15. The molecule has 0 aliphatic rings. The fourth-order valence-corrected chi connectivity index (χ4v) is 1.97. The van der Waals surface area contributed by atoms with Gasteiger partial charge in [-0.1, -0.05) is 12.1 Å². The Bertz CT molecular complexity index is 757. The molecule has 2 rings (SSSR count). The first kappa shape index (κ1) is 14.8. The molecule has 0 aromatic carbocycles. The lowest BCUT2D eigenvalue weighted by Gasteiger charge is -2.14. The van der Waals surface area contributed by atoms with E-state index in [1.54, 1.807) is 6.92 Å². The maximum Gasteiger partial charge on any atom is 0.332 e. The Morgan fingerprint density at radius 2 is 2.10 bits per heavy atom. The summed E-state index contributed by atoms with van der Waals surface area (Å²) in [6, 6.07) is 0. The Morgan fingerprint density at radius 3 is 2.67 bits per heavy atom. The van der Waals surface area contributed by atoms with Gasteiger partial charge in [0, 0.05) is 20.5 Å². The monoisotopic (exact) mass is 294 g/mol. The van der Waals surface area contributed by atoms with E-state index >= 15 is 0 Å². The van der Waals surface area contributed by atoms with E-state index in [4.69, 9.17) is 10.3 Å². The first-order valence-corrected chi connectivity index (χ1v) is 6.58. The van der Waals surface area contributed by atoms with E-state index in [1.165, 1.54) is 11.6 Å². The van der Waals surface area contributed by atoms with Crippen molar-refractivity contribution in [1.82, 2.24) is 19.3 Å². The van der Waals surface area contributed by atoms with Gasteiger partial charge in [0.2, 0.25) is 5.89 Å². The van der Waals surface area contributed by atoms with Crippen LogP contribution in [0.4, 0.5) is 11.5 Å². The highest BCUT2D eigenvalue weighted by molar-refractivity contribution is 5.60. The number of nitrogen functional groups attached to an aromatic ring is 1. The molecule has 0 radical (unpaired) electrons. The van der Waals surface area contributed by atoms with Gasteiger partial charge in [0.1, 0.15) is 11.5 Å². The fraction of sp³-hybridized carbons (Fsp3) is 0.500. The van der Waals surface area contributed by atoms with Gasteiger partial charge >= 0.3 is 5.69 Å². The molecule has 0 spiro atoms. The van der Waals surface area contributed by atoms with Crippen molar-refractivity contribution in [2.24, 2.45) is 7.05 Å². The van der Waals surface area contributed by atoms with Crippen LogP contribution in [0, 0.1) is 6.92 Å². The maximum atomic E-state index is 12.1. The zero-order chi connectivity index (χ0) is 15.6. The van der Waals surface area contributed by atoms with E-state index in [0.29, 0.717) is 18.3 Å². The Labute approximate surface area is 120 Å². The Kier molecular flexibility index (Phi) is 4.10. The van der Waals surface area contributed by atoms with Crippen molar-refractivity contribution in [1.29, 1.82) is 0 Å². The molecule has 0 atom stereocenters. The predicted octanol–water partition coefficient (Wildman–Crippen LogP) is -0.157. The predicted molar refractivity (Wildman–Crippen MR) is 77.0 cm³/mol. The summed E-state index contributed by atoms with van der Waals surface area (Å²) in [6.07, 6.45) is 0.728. The molecule has 2 heterocycles. The van der Waals surface area contributed by atoms with Crippen LogP contribution < -0.4 is 22.3 Å². The third-order valence-electron chi connectivity index (χ3n) is 3.02. The molecule has 114 valence electrons. The zero-order valence-electron chi connectivity index (χ0n) is 12.2. The molecule has 0 aliphatic heterocycles. The van der Waals surface area contributed by atoms with E-state index < -0.39 is 11.2 Å². The number of anilines is 2. The minimum absolute atomic E-state index is 0.116. The van der Waals surface area contributed by atoms with Gasteiger partial charge in [0.05, 0.1) is 6.54 Å². The topological polar surface area (TPSA) is 121 Å². The van der Waals surface area contributed by atoms with Gasteiger partial charge in [0.25, 0.3) is 5.56 Å². The van der Waals surface area contributed by atoms with E-state index in [9.17, 15) is 9.59 Å². The largest absolute Gasteiger partial charge is 0.383 e. The second kappa shape index (κ2) is 5.81. The standard InChI is InChI=1S/C12H18N6O3/c1-4-5-18-10(13)9(11(19)17(3)12(18)20)14-6-8-15-7(2)21-16-8/h14H,4-6,13H2,1-3H3. The average Bonchev–Trinajstić information content (AvgIpc) is 2.87. The molecule has 0 aliphatic carbocycles. The Hall–Kier alpha value is -2.58. The van der Waals surface area contributed by atoms with Crippen LogP contribution in [0.2, 0.25) is 0 Å². The molecule has 2 aromatic heterocycles. The SMILES string of the molecule is CCCn1c(N)c(NCc2noc(C)n2)c(=O)n(C)c1=O. The van der Waals surface area contributed by atoms with Crippen LogP contribution in [0.25, 0.3) is 0 Å². The molecule has 0 amide bonds. The summed E-state index contributed by atoms with van der Waals surface area (Å²) in [6.45, 7) is 4.22. The quantitative estimate of drug-likeness (QED) is 0.786. The molecule has 9 heteroatoms. The third kappa shape index (κ3) is 2.81. The molecule has 2 aromatic rings. The molecule has 0 bridgehead atoms. The number of aryl methyl sites for hydroxylation is 1. The average molecular weight is 294 g/mol. The zero-order valence-corrected chi connectivity index (χ0v) is 12.2. The van der Waals surface area contributed by atoms with Crippen LogP contribution in [0.3, 0.4) is 0 Å². The number of hydrogen-bond donors (Lipinski definition) is 2. The molecular formula is C12H18N6O3. The van der Waals surface area contributed by atoms with E-state index in [1.807, 2.05) is 6.92 Å². The van der Waals surface area contributed by atoms with Crippen LogP contribution in [-0.4, -0.2) is 19.3 Å². The lowest BCUT2D eigenvalue weighted by Crippen LogP contribution is -2.40. The third-order valence-corrected chi connectivity index (χ3v) is 3.02. The molecule has 0 unspecified atom stereocenters. The first-order valence-electron chi connectivity index (χ1n) is 6.58. The number of nitrogens with one attached hydrogen (secondary N) is 1. The lowest BCUT2D eigenvalue weighted by molar-refractivity contribution is 0.388. The van der Waals surface area contributed by atoms with Gasteiger partial charge in [0.15, 0.2) is 5.82 Å². The summed E-state index contributed by atoms with van der Waals surface area (Å²) >= 11 is 0. The van der Waals surface area contributed by atoms with Gasteiger partial charge in [-0.3, -0.25) is 13.9 Å². The van der Waals surface area contributed by atoms with Crippen molar-refractivity contribution in [3.63, 3.8) is 0 Å². The van der Waals surface area contributed by atoms with Crippen molar-refractivity contribution in [2.75, 3.05) is 11.1 Å². The van der Waals surface area contributed by atoms with Crippen molar-refractivity contribution in [3.8, 4) is 0 Å². The number of nitrogens with two attached hydrogens (primary N) is 1. The van der Waals surface area contributed by atoms with Gasteiger partial charge in [-0.2, -0.15) is 4.98 Å². The molecule has 3 N–H and O–H groups in total. The molecule has 9 nitrogen and oxygen atoms in total. The summed E-state index contributed by atoms with van der Waals surface area (Å²) in [5.41, 5.74) is 5.18. The molecule has 0 saturated carbocycles. The summed E-state index contributed by atoms with van der Waals surface area (Å²) in [4.78, 5) is 28.2. The normalized spacial score (nSPS) is 10.8. The van der Waals surface area contributed by atoms with Gasteiger partial charge in [-0.25, -0.2) is 4.79 Å². The van der Waals surface area contributed by atoms with Gasteiger partial charge in [-0.15, -0.1) is 0 Å². The van der Waals surface area contributed by atoms with Crippen LogP contribution in [-0.2, 0) is 20.1 Å². The van der Waals surface area contributed by atoms with Crippen LogP contribution >= 0.6 is 0 Å². The minimum Gasteiger partial charge on any atom is -0.383 e. The fourth-order valence-electron chi connectivity index (χ4n) is 1.97. The highest BCUT2D eigenvalue weighted by Crippen LogP contribution is 2.12. The second-order valence-electron chi connectivity index (χ2n) is 4.64. The van der Waals surface area contributed by atoms with Crippen molar-refractivity contribution < 1.29 is 4.52 Å². The van der Waals surface area contributed by atoms with E-state index in [0.717, 1.165) is 11.0 Å².